The summed E-state index contributed by atoms with van der Waals surface area (Å²) in [4.78, 5) is 19.1. The number of fused-ring (bicyclic) bond motifs is 1. The van der Waals surface area contributed by atoms with E-state index in [1.165, 1.54) is 0 Å². The number of para-hydroxylation sites is 1. The van der Waals surface area contributed by atoms with E-state index in [1.54, 1.807) is 6.07 Å². The molecule has 1 aliphatic heterocycles. The van der Waals surface area contributed by atoms with Gasteiger partial charge < -0.3 is 14.5 Å². The van der Waals surface area contributed by atoms with Crippen LogP contribution in [0.1, 0.15) is 18.7 Å². The fourth-order valence-electron chi connectivity index (χ4n) is 2.24. The summed E-state index contributed by atoms with van der Waals surface area (Å²) in [6.45, 7) is 1.82. The van der Waals surface area contributed by atoms with Gasteiger partial charge in [0.05, 0.1) is 17.0 Å². The Morgan fingerprint density at radius 1 is 1.32 bits per heavy atom. The van der Waals surface area contributed by atoms with Crippen molar-refractivity contribution in [2.75, 3.05) is 13.2 Å². The highest BCUT2D eigenvalue weighted by Gasteiger charge is 2.14. The Kier molecular flexibility index (Phi) is 3.57. The highest BCUT2D eigenvalue weighted by atomic mass is 16.5. The average molecular weight is 260 g/mol. The van der Waals surface area contributed by atoms with Crippen LogP contribution in [0.4, 0.5) is 0 Å². The van der Waals surface area contributed by atoms with Gasteiger partial charge in [0.15, 0.2) is 0 Å². The number of rotatable bonds is 3. The zero-order valence-electron chi connectivity index (χ0n) is 10.6. The predicted molar refractivity (Wildman–Crippen MR) is 71.0 cm³/mol. The molecule has 1 N–H and O–H groups in total. The normalized spacial score (nSPS) is 16.8. The van der Waals surface area contributed by atoms with Gasteiger partial charge in [-0.1, -0.05) is 12.1 Å². The summed E-state index contributed by atoms with van der Waals surface area (Å²) in [5, 5.41) is 0.609. The number of hydrogen-bond donors (Lipinski definition) is 1. The van der Waals surface area contributed by atoms with E-state index in [0.717, 1.165) is 26.1 Å². The van der Waals surface area contributed by atoms with Gasteiger partial charge >= 0.3 is 0 Å². The number of aromatic amines is 1. The SMILES string of the molecule is O=c1[nH]c(COC2CCOCC2)nc2ccccc12. The van der Waals surface area contributed by atoms with Gasteiger partial charge in [0.25, 0.3) is 5.56 Å². The van der Waals surface area contributed by atoms with Crippen LogP contribution >= 0.6 is 0 Å². The number of H-pyrrole nitrogens is 1. The zero-order chi connectivity index (χ0) is 13.1. The molecule has 1 fully saturated rings. The van der Waals surface area contributed by atoms with Crippen LogP contribution in [0, 0.1) is 0 Å². The van der Waals surface area contributed by atoms with Crippen LogP contribution in [0.3, 0.4) is 0 Å². The molecular formula is C14H16N2O3. The molecule has 0 radical (unpaired) electrons. The molecule has 5 nitrogen and oxygen atoms in total. The van der Waals surface area contributed by atoms with Crippen molar-refractivity contribution >= 4 is 10.9 Å². The summed E-state index contributed by atoms with van der Waals surface area (Å²) in [7, 11) is 0. The van der Waals surface area contributed by atoms with Crippen molar-refractivity contribution in [1.82, 2.24) is 9.97 Å². The van der Waals surface area contributed by atoms with Gasteiger partial charge in [0.2, 0.25) is 0 Å². The van der Waals surface area contributed by atoms with Gasteiger partial charge in [-0.3, -0.25) is 4.79 Å². The lowest BCUT2D eigenvalue weighted by atomic mass is 10.1. The van der Waals surface area contributed by atoms with Crippen molar-refractivity contribution in [2.24, 2.45) is 0 Å². The van der Waals surface area contributed by atoms with Crippen LogP contribution in [0.5, 0.6) is 0 Å². The maximum Gasteiger partial charge on any atom is 0.258 e. The van der Waals surface area contributed by atoms with Crippen LogP contribution in [-0.4, -0.2) is 29.3 Å². The van der Waals surface area contributed by atoms with E-state index in [1.807, 2.05) is 18.2 Å². The Balaban J connectivity index is 1.75. The van der Waals surface area contributed by atoms with E-state index in [2.05, 4.69) is 9.97 Å². The van der Waals surface area contributed by atoms with E-state index in [4.69, 9.17) is 9.47 Å². The van der Waals surface area contributed by atoms with Crippen LogP contribution < -0.4 is 5.56 Å². The molecular weight excluding hydrogens is 244 g/mol. The molecule has 2 aromatic rings. The Hall–Kier alpha value is -1.72. The number of ether oxygens (including phenoxy) is 2. The molecule has 0 saturated carbocycles. The van der Waals surface area contributed by atoms with Crippen LogP contribution in [-0.2, 0) is 16.1 Å². The van der Waals surface area contributed by atoms with Gasteiger partial charge in [-0.05, 0) is 25.0 Å². The second-order valence-corrected chi connectivity index (χ2v) is 4.65. The third-order valence-electron chi connectivity index (χ3n) is 3.29. The molecule has 1 aliphatic rings. The molecule has 0 atom stereocenters. The summed E-state index contributed by atoms with van der Waals surface area (Å²) in [5.41, 5.74) is 0.591. The van der Waals surface area contributed by atoms with Crippen molar-refractivity contribution in [3.8, 4) is 0 Å². The van der Waals surface area contributed by atoms with E-state index < -0.39 is 0 Å². The molecule has 3 rings (SSSR count). The number of aromatic nitrogens is 2. The number of nitrogens with one attached hydrogen (secondary N) is 1. The molecule has 2 heterocycles. The molecule has 100 valence electrons. The fraction of sp³-hybridized carbons (Fsp3) is 0.429. The summed E-state index contributed by atoms with van der Waals surface area (Å²) < 4.78 is 11.0. The van der Waals surface area contributed by atoms with Crippen LogP contribution in [0.15, 0.2) is 29.1 Å². The van der Waals surface area contributed by atoms with Crippen molar-refractivity contribution in [3.05, 3.63) is 40.4 Å². The lowest BCUT2D eigenvalue weighted by molar-refractivity contribution is -0.0408. The van der Waals surface area contributed by atoms with Crippen LogP contribution in [0.2, 0.25) is 0 Å². The quantitative estimate of drug-likeness (QED) is 0.910. The number of hydrogen-bond acceptors (Lipinski definition) is 4. The summed E-state index contributed by atoms with van der Waals surface area (Å²) in [6, 6.07) is 7.31. The Labute approximate surface area is 110 Å². The zero-order valence-corrected chi connectivity index (χ0v) is 10.6. The minimum atomic E-state index is -0.115. The Morgan fingerprint density at radius 2 is 2.11 bits per heavy atom. The summed E-state index contributed by atoms with van der Waals surface area (Å²) >= 11 is 0. The lowest BCUT2D eigenvalue weighted by Crippen LogP contribution is -2.24. The lowest BCUT2D eigenvalue weighted by Gasteiger charge is -2.22. The summed E-state index contributed by atoms with van der Waals surface area (Å²) in [5.74, 6) is 0.579. The van der Waals surface area contributed by atoms with Crippen molar-refractivity contribution < 1.29 is 9.47 Å². The third kappa shape index (κ3) is 2.83. The van der Waals surface area contributed by atoms with Gasteiger partial charge in [-0.2, -0.15) is 0 Å². The van der Waals surface area contributed by atoms with Gasteiger partial charge in [-0.25, -0.2) is 4.98 Å². The first-order valence-corrected chi connectivity index (χ1v) is 6.50. The topological polar surface area (TPSA) is 64.2 Å². The monoisotopic (exact) mass is 260 g/mol. The smallest absolute Gasteiger partial charge is 0.258 e. The molecule has 0 amide bonds. The second-order valence-electron chi connectivity index (χ2n) is 4.65. The van der Waals surface area contributed by atoms with E-state index >= 15 is 0 Å². The number of benzene rings is 1. The van der Waals surface area contributed by atoms with Crippen molar-refractivity contribution in [3.63, 3.8) is 0 Å². The molecule has 0 bridgehead atoms. The molecule has 19 heavy (non-hydrogen) atoms. The molecule has 1 aromatic carbocycles. The third-order valence-corrected chi connectivity index (χ3v) is 3.29. The van der Waals surface area contributed by atoms with E-state index in [0.29, 0.717) is 23.3 Å². The maximum atomic E-state index is 11.9. The standard InChI is InChI=1S/C14H16N2O3/c17-14-11-3-1-2-4-12(11)15-13(16-14)9-19-10-5-7-18-8-6-10/h1-4,10H,5-9H2,(H,15,16,17). The largest absolute Gasteiger partial charge is 0.381 e. The van der Waals surface area contributed by atoms with Crippen LogP contribution in [0.25, 0.3) is 10.9 Å². The highest BCUT2D eigenvalue weighted by Crippen LogP contribution is 2.12. The van der Waals surface area contributed by atoms with Crippen molar-refractivity contribution in [2.45, 2.75) is 25.6 Å². The number of nitrogens with zero attached hydrogens (tertiary/aromatic N) is 1. The molecule has 5 heteroatoms. The van der Waals surface area contributed by atoms with Gasteiger partial charge in [-0.15, -0.1) is 0 Å². The first-order valence-electron chi connectivity index (χ1n) is 6.50. The average Bonchev–Trinajstić information content (AvgIpc) is 2.46. The molecule has 0 aliphatic carbocycles. The Bertz CT molecular complexity index is 617. The highest BCUT2D eigenvalue weighted by molar-refractivity contribution is 5.77. The summed E-state index contributed by atoms with van der Waals surface area (Å²) in [6.07, 6.45) is 2.00. The van der Waals surface area contributed by atoms with Gasteiger partial charge in [0.1, 0.15) is 12.4 Å². The molecule has 0 unspecified atom stereocenters. The molecule has 0 spiro atoms. The molecule has 1 aromatic heterocycles. The van der Waals surface area contributed by atoms with E-state index in [9.17, 15) is 4.79 Å². The second kappa shape index (κ2) is 5.50. The van der Waals surface area contributed by atoms with Gasteiger partial charge in [0, 0.05) is 13.2 Å². The maximum absolute atomic E-state index is 11.9. The van der Waals surface area contributed by atoms with Crippen molar-refractivity contribution in [1.29, 1.82) is 0 Å². The van der Waals surface area contributed by atoms with E-state index in [-0.39, 0.29) is 11.7 Å². The Morgan fingerprint density at radius 3 is 2.95 bits per heavy atom. The minimum absolute atomic E-state index is 0.115. The predicted octanol–water partition coefficient (Wildman–Crippen LogP) is 1.62. The fourth-order valence-corrected chi connectivity index (χ4v) is 2.24. The first kappa shape index (κ1) is 12.3. The minimum Gasteiger partial charge on any atom is -0.381 e. The first-order chi connectivity index (χ1) is 9.33. The molecule has 1 saturated heterocycles.